The topological polar surface area (TPSA) is 346 Å². The highest BCUT2D eigenvalue weighted by Gasteiger charge is 2.59. The van der Waals surface area contributed by atoms with Crippen molar-refractivity contribution in [2.24, 2.45) is 0 Å². The first kappa shape index (κ1) is 68.3. The summed E-state index contributed by atoms with van der Waals surface area (Å²) in [4.78, 5) is 105. The van der Waals surface area contributed by atoms with Crippen LogP contribution in [-0.4, -0.2) is 146 Å². The van der Waals surface area contributed by atoms with Crippen LogP contribution in [0.2, 0.25) is 0 Å². The van der Waals surface area contributed by atoms with E-state index in [0.717, 1.165) is 66.6 Å². The highest BCUT2D eigenvalue weighted by atomic mass is 16.8. The summed E-state index contributed by atoms with van der Waals surface area (Å²) < 4.78 is 80.4. The molecular weight excluding hydrogens is 1390 g/mol. The fourth-order valence-corrected chi connectivity index (χ4v) is 15.6. The number of fused-ring (bicyclic) bond motifs is 11. The Hall–Kier alpha value is -11.5. The molecule has 29 heteroatoms. The van der Waals surface area contributed by atoms with E-state index in [-0.39, 0.29) is 19.8 Å². The molecule has 0 saturated carbocycles. The lowest BCUT2D eigenvalue weighted by Gasteiger charge is -2.24. The second kappa shape index (κ2) is 26.5. The molecule has 10 aromatic rings. The van der Waals surface area contributed by atoms with Crippen LogP contribution < -0.4 is 48.0 Å². The van der Waals surface area contributed by atoms with E-state index in [1.54, 1.807) is 53.9 Å². The van der Waals surface area contributed by atoms with Crippen molar-refractivity contribution in [3.63, 3.8) is 0 Å². The van der Waals surface area contributed by atoms with Gasteiger partial charge in [-0.3, -0.25) is 48.0 Å². The number of nitrogens with one attached hydrogen (secondary N) is 5. The van der Waals surface area contributed by atoms with Crippen molar-refractivity contribution in [1.82, 2.24) is 53.6 Å². The Morgan fingerprint density at radius 3 is 0.889 bits per heavy atom. The molecule has 15 heterocycles. The van der Waals surface area contributed by atoms with E-state index in [0.29, 0.717) is 40.0 Å². The zero-order valence-electron chi connectivity index (χ0n) is 58.9. The lowest BCUT2D eigenvalue weighted by atomic mass is 10.0. The number of nitrogens with zero attached hydrogens (tertiary/aromatic N) is 6. The van der Waals surface area contributed by atoms with Gasteiger partial charge in [0, 0.05) is 93.5 Å². The molecule has 29 nitrogen and oxygen atoms in total. The van der Waals surface area contributed by atoms with Crippen molar-refractivity contribution in [2.45, 2.75) is 133 Å². The normalized spacial score (nSPS) is 25.3. The molecule has 8 aliphatic heterocycles. The van der Waals surface area contributed by atoms with E-state index >= 15 is 0 Å². The number of rotatable bonds is 16. The summed E-state index contributed by atoms with van der Waals surface area (Å²) in [5.41, 5.74) is 8.36. The number of aromatic amines is 5. The minimum absolute atomic E-state index is 0.0280. The number of aromatic nitrogens is 11. The van der Waals surface area contributed by atoms with E-state index < -0.39 is 125 Å². The second-order valence-corrected chi connectivity index (χ2v) is 28.7. The molecule has 0 aliphatic carbocycles. The molecule has 8 bridgehead atoms. The molecule has 8 aliphatic rings. The number of ether oxygens (including phenoxy) is 12. The van der Waals surface area contributed by atoms with Gasteiger partial charge in [-0.2, -0.15) is 0 Å². The van der Waals surface area contributed by atoms with E-state index in [2.05, 4.69) is 29.9 Å². The molecule has 108 heavy (non-hydrogen) atoms. The van der Waals surface area contributed by atoms with Crippen LogP contribution in [0.5, 0.6) is 17.2 Å². The van der Waals surface area contributed by atoms with Crippen molar-refractivity contribution in [3.05, 3.63) is 244 Å². The van der Waals surface area contributed by atoms with Crippen molar-refractivity contribution >= 4 is 46.4 Å². The maximum Gasteiger partial charge on any atom is 0.330 e. The molecule has 6 fully saturated rings. The summed E-state index contributed by atoms with van der Waals surface area (Å²) in [7, 11) is 0. The first-order valence-electron chi connectivity index (χ1n) is 35.3. The molecule has 0 amide bonds. The lowest BCUT2D eigenvalue weighted by molar-refractivity contribution is -0.200. The van der Waals surface area contributed by atoms with Crippen LogP contribution in [0.3, 0.4) is 0 Å². The number of pyridine rings is 1. The molecule has 550 valence electrons. The average molecular weight is 1460 g/mol. The Morgan fingerprint density at radius 1 is 0.343 bits per heavy atom. The number of H-pyrrole nitrogens is 5. The largest absolute Gasteiger partial charge is 0.491 e. The second-order valence-electron chi connectivity index (χ2n) is 28.7. The van der Waals surface area contributed by atoms with Crippen molar-refractivity contribution in [1.29, 1.82) is 0 Å². The summed E-state index contributed by atoms with van der Waals surface area (Å²) in [6, 6.07) is 38.8. The van der Waals surface area contributed by atoms with Gasteiger partial charge < -0.3 is 66.8 Å². The minimum Gasteiger partial charge on any atom is -0.491 e. The van der Waals surface area contributed by atoms with Gasteiger partial charge in [-0.05, 0) is 161 Å². The monoisotopic (exact) mass is 1460 g/mol. The van der Waals surface area contributed by atoms with Gasteiger partial charge in [0.15, 0.2) is 36.0 Å². The third kappa shape index (κ3) is 12.8. The zero-order chi connectivity index (χ0) is 74.1. The number of benzene rings is 3. The van der Waals surface area contributed by atoms with Crippen LogP contribution in [0.25, 0.3) is 90.9 Å². The fourth-order valence-electron chi connectivity index (χ4n) is 15.6. The molecule has 5 N–H and O–H groups in total. The zero-order valence-corrected chi connectivity index (χ0v) is 58.9. The lowest BCUT2D eigenvalue weighted by Crippen LogP contribution is -2.37. The van der Waals surface area contributed by atoms with Crippen molar-refractivity contribution in [2.75, 3.05) is 19.8 Å². The number of hydrogen-bond donors (Lipinski definition) is 5. The highest BCUT2D eigenvalue weighted by molar-refractivity contribution is 6.00. The van der Waals surface area contributed by atoms with Crippen LogP contribution in [0.1, 0.15) is 83.0 Å². The van der Waals surface area contributed by atoms with Crippen LogP contribution in [0, 0.1) is 0 Å². The summed E-state index contributed by atoms with van der Waals surface area (Å²) in [5, 5.41) is 0. The predicted octanol–water partition coefficient (Wildman–Crippen LogP) is 8.76. The van der Waals surface area contributed by atoms with Gasteiger partial charge >= 0.3 is 17.1 Å². The maximum absolute atomic E-state index is 13.1. The highest BCUT2D eigenvalue weighted by Crippen LogP contribution is 2.47. The molecule has 6 saturated heterocycles. The standard InChI is InChI=1S/C79H71N11O18/c1-77(2)103-65-55(100-71(68(65)106-77)88-34-29-58(91)85-74(88)94)37-97-44-13-7-40(8-14-44)61-47-19-21-49(81-47)62(41-9-15-45(16-10-41)98-38-56-66-69(107-78(3,4)104-66)72(101-56)89-35-30-59(92)86-75(89)95)51-23-25-53(83-51)64(43-27-32-80-33-28-43)54-26-24-52(84-54)63(50-22-20-48(61)82-50)42-11-17-46(18-12-42)99-39-57-67-70(108-79(5,6)105-67)73(102-57)90-36-31-60(93)87-76(90)96/h7-36,55-57,65-73,81,84H,37-39H2,1-6H3,(H,85,91,94)(H,86,92,95)(H,87,93,96)/t55-,56-,57-,65-,66-,67-,68-,69-,70-,71-,72-,73-/m1/s1. The van der Waals surface area contributed by atoms with Gasteiger partial charge in [-0.1, -0.05) is 36.4 Å². The van der Waals surface area contributed by atoms with Crippen LogP contribution >= 0.6 is 0 Å². The van der Waals surface area contributed by atoms with Gasteiger partial charge in [0.1, 0.15) is 92.0 Å². The van der Waals surface area contributed by atoms with Gasteiger partial charge in [0.25, 0.3) is 16.7 Å². The van der Waals surface area contributed by atoms with Crippen LogP contribution in [-0.2, 0) is 42.6 Å². The Labute approximate surface area is 611 Å². The molecule has 0 spiro atoms. The predicted molar refractivity (Wildman–Crippen MR) is 392 cm³/mol. The quantitative estimate of drug-likeness (QED) is 0.0603. The first-order chi connectivity index (χ1) is 52.1. The van der Waals surface area contributed by atoms with E-state index in [4.69, 9.17) is 66.8 Å². The summed E-state index contributed by atoms with van der Waals surface area (Å²) in [6.07, 6.45) is 7.08. The molecule has 7 aromatic heterocycles. The van der Waals surface area contributed by atoms with E-state index in [9.17, 15) is 28.8 Å². The van der Waals surface area contributed by atoms with E-state index in [1.807, 2.05) is 133 Å². The van der Waals surface area contributed by atoms with Gasteiger partial charge in [-0.25, -0.2) is 24.4 Å². The molecule has 0 unspecified atom stereocenters. The molecule has 12 atom stereocenters. The fraction of sp³-hybridized carbons (Fsp3) is 0.304. The SMILES string of the molecule is CC1(C)O[C@@H]2[C@H](O1)[C@@H](COc1ccc(-c3c4nc(c(-c5ccc(OC[C@H]6O[C@@H](n7ccc(=O)[nH]c7=O)[C@@H]7OC(C)(C)O[C@@H]76)cc5)c5ccc([nH]5)c(-c5ccc(OC[C@H]6O[C@@H](n7ccc(=O)[nH]c7=O)[C@@H]7OC(C)(C)O[C@@H]76)cc5)c5nc(c(-c6ccncc6)c6ccc3[nH]6)C=C5)C=C4)cc1)O[C@H]2n1ccc(=O)[nH]c1=O. The third-order valence-electron chi connectivity index (χ3n) is 20.1. The van der Waals surface area contributed by atoms with Gasteiger partial charge in [0.05, 0.1) is 22.8 Å². The molecule has 0 radical (unpaired) electrons. The van der Waals surface area contributed by atoms with Crippen molar-refractivity contribution in [3.8, 4) is 61.8 Å². The maximum atomic E-state index is 13.1. The van der Waals surface area contributed by atoms with Gasteiger partial charge in [-0.15, -0.1) is 0 Å². The smallest absolute Gasteiger partial charge is 0.330 e. The Kier molecular flexibility index (Phi) is 16.7. The summed E-state index contributed by atoms with van der Waals surface area (Å²) in [6.45, 7) is 10.9. The summed E-state index contributed by atoms with van der Waals surface area (Å²) in [5.74, 6) is -1.39. The van der Waals surface area contributed by atoms with Crippen LogP contribution in [0.4, 0.5) is 0 Å². The Balaban J connectivity index is 0.721. The Bertz CT molecular complexity index is 5680. The molecular formula is C79H71N11O18. The van der Waals surface area contributed by atoms with Crippen LogP contribution in [0.15, 0.2) is 187 Å². The average Bonchev–Trinajstić information content (AvgIpc) is 1.62. The third-order valence-corrected chi connectivity index (χ3v) is 20.1. The summed E-state index contributed by atoms with van der Waals surface area (Å²) >= 11 is 0. The minimum atomic E-state index is -0.992. The van der Waals surface area contributed by atoms with E-state index in [1.165, 1.54) is 50.5 Å². The Morgan fingerprint density at radius 2 is 0.611 bits per heavy atom. The van der Waals surface area contributed by atoms with Crippen molar-refractivity contribution < 1.29 is 56.8 Å². The first-order valence-corrected chi connectivity index (χ1v) is 35.3. The number of hydrogen-bond acceptors (Lipinski definition) is 21. The molecule has 18 rings (SSSR count). The van der Waals surface area contributed by atoms with Gasteiger partial charge in [0.2, 0.25) is 0 Å². The molecule has 3 aromatic carbocycles.